The van der Waals surface area contributed by atoms with Crippen LogP contribution in [0.15, 0.2) is 47.5 Å². The molecule has 0 aliphatic carbocycles. The monoisotopic (exact) mass is 456 g/mol. The van der Waals surface area contributed by atoms with Crippen molar-refractivity contribution in [2.24, 2.45) is 10.9 Å². The number of ether oxygens (including phenoxy) is 2. The number of benzene rings is 2. The van der Waals surface area contributed by atoms with E-state index in [2.05, 4.69) is 9.98 Å². The molecule has 0 spiro atoms. The van der Waals surface area contributed by atoms with E-state index in [9.17, 15) is 18.4 Å². The Labute approximate surface area is 187 Å². The molecule has 1 aromatic heterocycles. The van der Waals surface area contributed by atoms with E-state index in [0.717, 1.165) is 18.0 Å². The first-order chi connectivity index (χ1) is 16.0. The molecule has 5 rings (SSSR count). The van der Waals surface area contributed by atoms with Gasteiger partial charge in [-0.05, 0) is 36.8 Å². The Bertz CT molecular complexity index is 1280. The van der Waals surface area contributed by atoms with Gasteiger partial charge in [-0.1, -0.05) is 12.1 Å². The van der Waals surface area contributed by atoms with Gasteiger partial charge >= 0.3 is 6.09 Å². The van der Waals surface area contributed by atoms with E-state index in [0.29, 0.717) is 49.7 Å². The molecular weight excluding hydrogens is 434 g/mol. The predicted octanol–water partition coefficient (Wildman–Crippen LogP) is 3.64. The zero-order valence-corrected chi connectivity index (χ0v) is 17.7. The largest absolute Gasteiger partial charge is 0.449 e. The molecule has 0 saturated carbocycles. The van der Waals surface area contributed by atoms with Crippen molar-refractivity contribution in [3.8, 4) is 0 Å². The van der Waals surface area contributed by atoms with Crippen molar-refractivity contribution in [3.63, 3.8) is 0 Å². The number of carbonyl (C=O) groups excluding carboxylic acids is 2. The van der Waals surface area contributed by atoms with Crippen LogP contribution < -0.4 is 10.5 Å². The molecule has 2 amide bonds. The maximum absolute atomic E-state index is 13.0. The fourth-order valence-corrected chi connectivity index (χ4v) is 4.00. The maximum atomic E-state index is 13.0. The van der Waals surface area contributed by atoms with Crippen LogP contribution in [0.2, 0.25) is 0 Å². The van der Waals surface area contributed by atoms with Gasteiger partial charge in [0.2, 0.25) is 5.62 Å². The molecule has 10 heteroatoms. The van der Waals surface area contributed by atoms with Gasteiger partial charge in [-0.15, -0.1) is 0 Å². The standard InChI is InChI=1S/C23H22F2N4O4/c24-20(25)15-3-1-4-16(9-15)21(30)27-22-26-18-10-17(28-7-2-8-33-23(28)31)5-6-19(18)29(22)11-14-12-32-13-14/h1,3-6,9-10,14,20H,2,7-8,11-13H2,(H,26,27,30). The Morgan fingerprint density at radius 2 is 2.06 bits per heavy atom. The zero-order valence-electron chi connectivity index (χ0n) is 17.7. The molecule has 2 saturated heterocycles. The van der Waals surface area contributed by atoms with Crippen molar-refractivity contribution in [1.82, 2.24) is 9.55 Å². The molecule has 172 valence electrons. The van der Waals surface area contributed by atoms with E-state index in [-0.39, 0.29) is 17.0 Å². The highest BCUT2D eigenvalue weighted by Gasteiger charge is 2.24. The summed E-state index contributed by atoms with van der Waals surface area (Å²) in [5, 5.41) is 0. The molecule has 1 N–H and O–H groups in total. The second kappa shape index (κ2) is 8.78. The summed E-state index contributed by atoms with van der Waals surface area (Å²) in [6.07, 6.45) is -2.33. The quantitative estimate of drug-likeness (QED) is 0.635. The average molecular weight is 456 g/mol. The Kier molecular flexibility index (Phi) is 5.67. The van der Waals surface area contributed by atoms with Gasteiger partial charge in [-0.3, -0.25) is 9.69 Å². The minimum atomic E-state index is -2.67. The number of imidazole rings is 1. The third kappa shape index (κ3) is 4.25. The molecule has 33 heavy (non-hydrogen) atoms. The van der Waals surface area contributed by atoms with Crippen molar-refractivity contribution in [1.29, 1.82) is 0 Å². The van der Waals surface area contributed by atoms with Crippen molar-refractivity contribution < 1.29 is 27.8 Å². The summed E-state index contributed by atoms with van der Waals surface area (Å²) in [6, 6.07) is 10.8. The van der Waals surface area contributed by atoms with Gasteiger partial charge in [0, 0.05) is 35.8 Å². The van der Waals surface area contributed by atoms with Crippen molar-refractivity contribution in [3.05, 3.63) is 59.2 Å². The second-order valence-electron chi connectivity index (χ2n) is 8.13. The smallest absolute Gasteiger partial charge is 0.414 e. The summed E-state index contributed by atoms with van der Waals surface area (Å²) >= 11 is 0. The second-order valence-corrected chi connectivity index (χ2v) is 8.13. The van der Waals surface area contributed by atoms with Crippen LogP contribution in [-0.4, -0.2) is 47.9 Å². The normalized spacial score (nSPS) is 17.5. The lowest BCUT2D eigenvalue weighted by atomic mass is 10.1. The highest BCUT2D eigenvalue weighted by molar-refractivity contribution is 5.95. The van der Waals surface area contributed by atoms with E-state index in [1.807, 2.05) is 22.8 Å². The first-order valence-corrected chi connectivity index (χ1v) is 10.7. The van der Waals surface area contributed by atoms with E-state index < -0.39 is 18.4 Å². The minimum absolute atomic E-state index is 0.0849. The Morgan fingerprint density at radius 1 is 1.21 bits per heavy atom. The van der Waals surface area contributed by atoms with Crippen LogP contribution in [0.5, 0.6) is 0 Å². The summed E-state index contributed by atoms with van der Waals surface area (Å²) in [5.41, 5.74) is 2.34. The number of nitrogens with zero attached hydrogens (tertiary/aromatic N) is 3. The molecule has 2 fully saturated rings. The van der Waals surface area contributed by atoms with E-state index in [1.54, 1.807) is 4.90 Å². The lowest BCUT2D eigenvalue weighted by molar-refractivity contribution is -0.0393. The van der Waals surface area contributed by atoms with Crippen molar-refractivity contribution in [2.75, 3.05) is 31.3 Å². The predicted molar refractivity (Wildman–Crippen MR) is 115 cm³/mol. The molecule has 0 unspecified atom stereocenters. The summed E-state index contributed by atoms with van der Waals surface area (Å²) in [5.74, 6) is -0.348. The number of nitrogens with one attached hydrogen (secondary N) is 1. The minimum Gasteiger partial charge on any atom is -0.449 e. The number of hydrogen-bond donors (Lipinski definition) is 1. The van der Waals surface area contributed by atoms with Crippen LogP contribution in [0.3, 0.4) is 0 Å². The van der Waals surface area contributed by atoms with Crippen molar-refractivity contribution >= 4 is 28.7 Å². The number of aromatic amines is 1. The maximum Gasteiger partial charge on any atom is 0.414 e. The van der Waals surface area contributed by atoms with Crippen LogP contribution in [0.25, 0.3) is 11.0 Å². The molecule has 2 aromatic carbocycles. The van der Waals surface area contributed by atoms with E-state index in [1.165, 1.54) is 18.2 Å². The molecular formula is C23H22F2N4O4. The fourth-order valence-electron chi connectivity index (χ4n) is 4.00. The Balaban J connectivity index is 1.56. The fraction of sp³-hybridized carbons (Fsp3) is 0.348. The average Bonchev–Trinajstić information content (AvgIpc) is 3.12. The molecule has 0 atom stereocenters. The summed E-state index contributed by atoms with van der Waals surface area (Å²) in [6.45, 7) is 2.76. The number of rotatable bonds is 5. The van der Waals surface area contributed by atoms with Crippen LogP contribution in [0, 0.1) is 5.92 Å². The van der Waals surface area contributed by atoms with Gasteiger partial charge in [0.05, 0.1) is 30.9 Å². The summed E-state index contributed by atoms with van der Waals surface area (Å²) in [7, 11) is 0. The SMILES string of the molecule is O=C(/N=c1\[nH]c2cc(N3CCCOC3=O)ccc2n1CC1COC1)c1cccc(C(F)F)c1. The topological polar surface area (TPSA) is 88.9 Å². The number of carbonyl (C=O) groups is 2. The number of alkyl halides is 2. The van der Waals surface area contributed by atoms with Gasteiger partial charge in [0.1, 0.15) is 0 Å². The molecule has 3 heterocycles. The van der Waals surface area contributed by atoms with Gasteiger partial charge in [0.25, 0.3) is 12.3 Å². The molecule has 3 aromatic rings. The van der Waals surface area contributed by atoms with E-state index >= 15 is 0 Å². The number of cyclic esters (lactones) is 1. The van der Waals surface area contributed by atoms with Gasteiger partial charge < -0.3 is 19.0 Å². The lowest BCUT2D eigenvalue weighted by Gasteiger charge is -2.27. The summed E-state index contributed by atoms with van der Waals surface area (Å²) < 4.78 is 38.4. The molecule has 0 bridgehead atoms. The number of amides is 2. The number of anilines is 1. The third-order valence-corrected chi connectivity index (χ3v) is 5.80. The molecule has 2 aliphatic heterocycles. The molecule has 2 aliphatic rings. The van der Waals surface area contributed by atoms with E-state index in [4.69, 9.17) is 9.47 Å². The van der Waals surface area contributed by atoms with Crippen LogP contribution in [0.4, 0.5) is 19.3 Å². The number of aromatic nitrogens is 2. The van der Waals surface area contributed by atoms with Crippen LogP contribution in [0.1, 0.15) is 28.8 Å². The molecule has 0 radical (unpaired) electrons. The highest BCUT2D eigenvalue weighted by atomic mass is 19.3. The van der Waals surface area contributed by atoms with Crippen LogP contribution in [-0.2, 0) is 16.0 Å². The number of fused-ring (bicyclic) bond motifs is 1. The first-order valence-electron chi connectivity index (χ1n) is 10.7. The number of halogens is 2. The summed E-state index contributed by atoms with van der Waals surface area (Å²) in [4.78, 5) is 33.9. The highest BCUT2D eigenvalue weighted by Crippen LogP contribution is 2.24. The third-order valence-electron chi connectivity index (χ3n) is 5.80. The van der Waals surface area contributed by atoms with Gasteiger partial charge in [0.15, 0.2) is 0 Å². The first kappa shape index (κ1) is 21.3. The van der Waals surface area contributed by atoms with Crippen molar-refractivity contribution in [2.45, 2.75) is 19.4 Å². The number of H-pyrrole nitrogens is 1. The zero-order chi connectivity index (χ0) is 22.9. The van der Waals surface area contributed by atoms with Gasteiger partial charge in [-0.25, -0.2) is 13.6 Å². The molecule has 8 nitrogen and oxygen atoms in total. The Hall–Kier alpha value is -3.53. The Morgan fingerprint density at radius 3 is 2.79 bits per heavy atom. The van der Waals surface area contributed by atoms with Gasteiger partial charge in [-0.2, -0.15) is 4.99 Å². The lowest BCUT2D eigenvalue weighted by Crippen LogP contribution is -2.37. The van der Waals surface area contributed by atoms with Crippen LogP contribution >= 0.6 is 0 Å². The number of hydrogen-bond acceptors (Lipinski definition) is 4.